The van der Waals surface area contributed by atoms with Gasteiger partial charge in [-0.15, -0.1) is 0 Å². The number of nitrogens with zero attached hydrogens (tertiary/aromatic N) is 4. The Labute approximate surface area is 171 Å². The van der Waals surface area contributed by atoms with Crippen LogP contribution in [0.4, 0.5) is 0 Å². The maximum Gasteiger partial charge on any atom is 0.307 e. The molecule has 2 aromatic heterocycles. The van der Waals surface area contributed by atoms with Gasteiger partial charge in [0.1, 0.15) is 11.7 Å². The van der Waals surface area contributed by atoms with Gasteiger partial charge in [0, 0.05) is 24.7 Å². The van der Waals surface area contributed by atoms with Crippen molar-refractivity contribution in [1.82, 2.24) is 24.8 Å². The van der Waals surface area contributed by atoms with E-state index in [1.54, 1.807) is 35.9 Å². The second-order valence-corrected chi connectivity index (χ2v) is 6.30. The smallest absolute Gasteiger partial charge is 0.307 e. The molecule has 0 saturated carbocycles. The Morgan fingerprint density at radius 3 is 2.47 bits per heavy atom. The van der Waals surface area contributed by atoms with Crippen LogP contribution in [0.15, 0.2) is 24.3 Å². The van der Waals surface area contributed by atoms with Gasteiger partial charge in [-0.1, -0.05) is 24.3 Å². The number of rotatable bonds is 7. The van der Waals surface area contributed by atoms with Gasteiger partial charge in [0.05, 0.1) is 20.6 Å². The lowest BCUT2D eigenvalue weighted by Gasteiger charge is -2.06. The number of nitrogen functional groups attached to an aromatic ring is 1. The van der Waals surface area contributed by atoms with E-state index < -0.39 is 11.9 Å². The zero-order valence-corrected chi connectivity index (χ0v) is 16.7. The molecule has 0 aliphatic heterocycles. The van der Waals surface area contributed by atoms with Crippen molar-refractivity contribution in [2.75, 3.05) is 20.8 Å². The summed E-state index contributed by atoms with van der Waals surface area (Å²) in [5, 5.41) is 10.1. The second-order valence-electron chi connectivity index (χ2n) is 6.30. The number of esters is 1. The fraction of sp³-hybridized carbons (Fsp3) is 0.263. The van der Waals surface area contributed by atoms with E-state index in [0.717, 1.165) is 5.56 Å². The molecular weight excluding hydrogens is 390 g/mol. The van der Waals surface area contributed by atoms with Crippen molar-refractivity contribution in [2.24, 2.45) is 12.8 Å². The van der Waals surface area contributed by atoms with Gasteiger partial charge in [-0.05, 0) is 0 Å². The lowest BCUT2D eigenvalue weighted by molar-refractivity contribution is -0.140. The summed E-state index contributed by atoms with van der Waals surface area (Å²) in [5.41, 5.74) is 7.68. The number of aryl methyl sites for hydroxylation is 1. The van der Waals surface area contributed by atoms with Crippen molar-refractivity contribution in [2.45, 2.75) is 6.42 Å². The van der Waals surface area contributed by atoms with Crippen LogP contribution < -0.4 is 15.8 Å². The van der Waals surface area contributed by atoms with Crippen molar-refractivity contribution >= 4 is 28.9 Å². The first-order chi connectivity index (χ1) is 14.3. The molecule has 0 radical (unpaired) electrons. The van der Waals surface area contributed by atoms with E-state index in [4.69, 9.17) is 15.9 Å². The summed E-state index contributed by atoms with van der Waals surface area (Å²) in [5.74, 6) is -0.382. The third-order valence-electron chi connectivity index (χ3n) is 4.38. The number of carbonyl (C=O) groups is 2. The van der Waals surface area contributed by atoms with Crippen molar-refractivity contribution in [3.05, 3.63) is 35.7 Å². The molecule has 0 unspecified atom stereocenters. The van der Waals surface area contributed by atoms with Gasteiger partial charge in [-0.3, -0.25) is 15.0 Å². The molecule has 11 heteroatoms. The molecule has 1 aromatic carbocycles. The molecule has 4 N–H and O–H groups in total. The summed E-state index contributed by atoms with van der Waals surface area (Å²) >= 11 is 0. The number of aromatic nitrogens is 4. The Kier molecular flexibility index (Phi) is 5.90. The standard InChI is InChI=1S/C19H21N7O4/c1-26-16(11-6-4-10(5-7-11)14(20)21)23-13-17(26)24-15(25-19(13)30-3)18(28)22-9-8-12(27)29-2/h4-7H,8-9H2,1-3H3,(H3,20,21)(H,22,28). The maximum absolute atomic E-state index is 12.4. The first-order valence-corrected chi connectivity index (χ1v) is 8.94. The number of amides is 1. The summed E-state index contributed by atoms with van der Waals surface area (Å²) in [6.07, 6.45) is 0.0355. The van der Waals surface area contributed by atoms with Gasteiger partial charge < -0.3 is 25.1 Å². The topological polar surface area (TPSA) is 158 Å². The van der Waals surface area contributed by atoms with Gasteiger partial charge >= 0.3 is 5.97 Å². The molecule has 0 aliphatic carbocycles. The number of hydrogen-bond donors (Lipinski definition) is 3. The minimum Gasteiger partial charge on any atom is -0.479 e. The van der Waals surface area contributed by atoms with E-state index in [1.165, 1.54) is 14.2 Å². The highest BCUT2D eigenvalue weighted by atomic mass is 16.5. The lowest BCUT2D eigenvalue weighted by Crippen LogP contribution is -2.28. The van der Waals surface area contributed by atoms with Crippen LogP contribution in [-0.2, 0) is 16.6 Å². The van der Waals surface area contributed by atoms with Crippen molar-refractivity contribution < 1.29 is 19.1 Å². The maximum atomic E-state index is 12.4. The molecule has 1 amide bonds. The quantitative estimate of drug-likeness (QED) is 0.290. The molecule has 3 rings (SSSR count). The summed E-state index contributed by atoms with van der Waals surface area (Å²) in [7, 11) is 4.46. The Balaban J connectivity index is 1.96. The number of benzene rings is 1. The van der Waals surface area contributed by atoms with Crippen LogP contribution in [0.5, 0.6) is 5.88 Å². The Hall–Kier alpha value is -4.02. The minimum atomic E-state index is -0.548. The molecule has 0 aliphatic rings. The molecule has 0 spiro atoms. The number of carbonyl (C=O) groups excluding carboxylic acids is 2. The van der Waals surface area contributed by atoms with E-state index in [2.05, 4.69) is 25.0 Å². The second kappa shape index (κ2) is 8.55. The van der Waals surface area contributed by atoms with Crippen molar-refractivity contribution in [1.29, 1.82) is 5.41 Å². The van der Waals surface area contributed by atoms with E-state index in [0.29, 0.717) is 22.6 Å². The highest BCUT2D eigenvalue weighted by Crippen LogP contribution is 2.27. The first-order valence-electron chi connectivity index (χ1n) is 8.94. The summed E-state index contributed by atoms with van der Waals surface area (Å²) in [6.45, 7) is 0.0916. The van der Waals surface area contributed by atoms with Crippen LogP contribution in [0, 0.1) is 5.41 Å². The van der Waals surface area contributed by atoms with Gasteiger partial charge in [-0.2, -0.15) is 4.98 Å². The predicted octanol–water partition coefficient (Wildman–Crippen LogP) is 0.616. The number of nitrogens with one attached hydrogen (secondary N) is 2. The fourth-order valence-electron chi connectivity index (χ4n) is 2.80. The lowest BCUT2D eigenvalue weighted by atomic mass is 10.1. The van der Waals surface area contributed by atoms with Crippen molar-refractivity contribution in [3.8, 4) is 17.3 Å². The monoisotopic (exact) mass is 411 g/mol. The molecule has 0 fully saturated rings. The van der Waals surface area contributed by atoms with Crippen LogP contribution >= 0.6 is 0 Å². The third kappa shape index (κ3) is 4.04. The normalized spacial score (nSPS) is 10.6. The van der Waals surface area contributed by atoms with Gasteiger partial charge in [0.25, 0.3) is 5.91 Å². The van der Waals surface area contributed by atoms with Gasteiger partial charge in [-0.25, -0.2) is 9.97 Å². The van der Waals surface area contributed by atoms with Crippen LogP contribution in [0.2, 0.25) is 0 Å². The molecular formula is C19H21N7O4. The molecule has 30 heavy (non-hydrogen) atoms. The highest BCUT2D eigenvalue weighted by Gasteiger charge is 2.20. The number of hydrogen-bond acceptors (Lipinski definition) is 8. The summed E-state index contributed by atoms with van der Waals surface area (Å²) in [6, 6.07) is 7.02. The molecule has 0 saturated heterocycles. The van der Waals surface area contributed by atoms with Crippen LogP contribution in [0.25, 0.3) is 22.6 Å². The molecule has 3 aromatic rings. The molecule has 2 heterocycles. The SMILES string of the molecule is COC(=O)CCNC(=O)c1nc(OC)c2nc(-c3ccc(C(=N)N)cc3)n(C)c2n1. The number of nitrogens with two attached hydrogens (primary N) is 1. The highest BCUT2D eigenvalue weighted by molar-refractivity contribution is 5.95. The van der Waals surface area contributed by atoms with E-state index in [9.17, 15) is 9.59 Å². The van der Waals surface area contributed by atoms with E-state index >= 15 is 0 Å². The van der Waals surface area contributed by atoms with Gasteiger partial charge in [0.2, 0.25) is 11.7 Å². The summed E-state index contributed by atoms with van der Waals surface area (Å²) in [4.78, 5) is 36.6. The van der Waals surface area contributed by atoms with E-state index in [1.807, 2.05) is 0 Å². The average molecular weight is 411 g/mol. The van der Waals surface area contributed by atoms with Crippen molar-refractivity contribution in [3.63, 3.8) is 0 Å². The minimum absolute atomic E-state index is 0.0260. The van der Waals surface area contributed by atoms with Crippen LogP contribution in [-0.4, -0.2) is 58.0 Å². The largest absolute Gasteiger partial charge is 0.479 e. The zero-order chi connectivity index (χ0) is 21.8. The van der Waals surface area contributed by atoms with Crippen LogP contribution in [0.3, 0.4) is 0 Å². The fourth-order valence-corrected chi connectivity index (χ4v) is 2.80. The summed E-state index contributed by atoms with van der Waals surface area (Å²) < 4.78 is 11.6. The van der Waals surface area contributed by atoms with Gasteiger partial charge in [0.15, 0.2) is 11.2 Å². The molecule has 0 atom stereocenters. The molecule has 156 valence electrons. The number of amidine groups is 1. The van der Waals surface area contributed by atoms with E-state index in [-0.39, 0.29) is 30.5 Å². The average Bonchev–Trinajstić information content (AvgIpc) is 3.09. The Bertz CT molecular complexity index is 1120. The Morgan fingerprint density at radius 2 is 1.87 bits per heavy atom. The number of ether oxygens (including phenoxy) is 2. The number of fused-ring (bicyclic) bond motifs is 1. The zero-order valence-electron chi connectivity index (χ0n) is 16.7. The molecule has 11 nitrogen and oxygen atoms in total. The van der Waals surface area contributed by atoms with Crippen LogP contribution in [0.1, 0.15) is 22.6 Å². The molecule has 0 bridgehead atoms. The third-order valence-corrected chi connectivity index (χ3v) is 4.38. The number of imidazole rings is 1. The first kappa shape index (κ1) is 20.7. The number of methoxy groups -OCH3 is 2. The Morgan fingerprint density at radius 1 is 1.17 bits per heavy atom. The predicted molar refractivity (Wildman–Crippen MR) is 108 cm³/mol.